The van der Waals surface area contributed by atoms with Crippen LogP contribution in [0.25, 0.3) is 11.0 Å². The number of nitrogens with zero attached hydrogens (tertiary/aromatic N) is 5. The Bertz CT molecular complexity index is 982. The molecule has 1 N–H and O–H groups in total. The van der Waals surface area contributed by atoms with Gasteiger partial charge in [-0.1, -0.05) is 0 Å². The molecular formula is C16H18N6O2. The Balaban J connectivity index is 1.73. The third kappa shape index (κ3) is 2.14. The van der Waals surface area contributed by atoms with Crippen molar-refractivity contribution < 1.29 is 4.79 Å². The number of H-pyrrole nitrogens is 1. The van der Waals surface area contributed by atoms with Gasteiger partial charge in [-0.3, -0.25) is 19.0 Å². The third-order valence-corrected chi connectivity index (χ3v) is 4.63. The Morgan fingerprint density at radius 1 is 1.29 bits per heavy atom. The first kappa shape index (κ1) is 14.7. The Hall–Kier alpha value is -2.90. The number of fused-ring (bicyclic) bond motifs is 1. The number of likely N-dealkylation sites (tertiary alicyclic amines) is 1. The van der Waals surface area contributed by atoms with Gasteiger partial charge in [0.25, 0.3) is 5.91 Å². The highest BCUT2D eigenvalue weighted by atomic mass is 16.2. The molecule has 4 heterocycles. The number of hydrogen-bond donors (Lipinski definition) is 1. The van der Waals surface area contributed by atoms with Crippen LogP contribution in [-0.4, -0.2) is 41.9 Å². The zero-order chi connectivity index (χ0) is 16.8. The van der Waals surface area contributed by atoms with Crippen LogP contribution in [0.3, 0.4) is 0 Å². The molecule has 24 heavy (non-hydrogen) atoms. The van der Waals surface area contributed by atoms with Gasteiger partial charge in [-0.05, 0) is 12.8 Å². The van der Waals surface area contributed by atoms with Crippen molar-refractivity contribution in [3.05, 3.63) is 46.1 Å². The van der Waals surface area contributed by atoms with E-state index in [9.17, 15) is 9.59 Å². The molecule has 1 fully saturated rings. The van der Waals surface area contributed by atoms with Crippen LogP contribution in [0, 0.1) is 0 Å². The maximum Gasteiger partial charge on any atom is 0.259 e. The monoisotopic (exact) mass is 326 g/mol. The van der Waals surface area contributed by atoms with E-state index in [1.807, 2.05) is 13.2 Å². The van der Waals surface area contributed by atoms with Crippen LogP contribution in [0.5, 0.6) is 0 Å². The number of nitrogens with one attached hydrogen (secondary N) is 1. The van der Waals surface area contributed by atoms with E-state index in [4.69, 9.17) is 0 Å². The summed E-state index contributed by atoms with van der Waals surface area (Å²) in [6.07, 6.45) is 8.49. The number of carbonyl (C=O) groups is 1. The molecule has 0 bridgehead atoms. The Labute approximate surface area is 137 Å². The lowest BCUT2D eigenvalue weighted by molar-refractivity contribution is 0.0734. The summed E-state index contributed by atoms with van der Waals surface area (Å²) in [6.45, 7) is 0.642. The van der Waals surface area contributed by atoms with Crippen molar-refractivity contribution in [2.24, 2.45) is 14.1 Å². The molecule has 124 valence electrons. The molecule has 0 radical (unpaired) electrons. The third-order valence-electron chi connectivity index (χ3n) is 4.63. The van der Waals surface area contributed by atoms with Gasteiger partial charge in [0.05, 0.1) is 23.8 Å². The van der Waals surface area contributed by atoms with Crippen molar-refractivity contribution in [2.45, 2.75) is 18.9 Å². The van der Waals surface area contributed by atoms with E-state index in [2.05, 4.69) is 15.2 Å². The van der Waals surface area contributed by atoms with Gasteiger partial charge in [-0.25, -0.2) is 0 Å². The number of aromatic nitrogens is 5. The van der Waals surface area contributed by atoms with Crippen LogP contribution >= 0.6 is 0 Å². The normalized spacial score (nSPS) is 17.8. The zero-order valence-electron chi connectivity index (χ0n) is 13.6. The van der Waals surface area contributed by atoms with Gasteiger partial charge in [-0.15, -0.1) is 0 Å². The van der Waals surface area contributed by atoms with E-state index in [0.717, 1.165) is 18.4 Å². The van der Waals surface area contributed by atoms with Crippen LogP contribution < -0.4 is 5.43 Å². The lowest BCUT2D eigenvalue weighted by atomic mass is 10.1. The second-order valence-corrected chi connectivity index (χ2v) is 6.17. The quantitative estimate of drug-likeness (QED) is 0.760. The minimum Gasteiger partial charge on any atom is -0.345 e. The number of aromatic amines is 1. The maximum atomic E-state index is 13.0. The highest BCUT2D eigenvalue weighted by Gasteiger charge is 2.32. The van der Waals surface area contributed by atoms with Gasteiger partial charge in [0.1, 0.15) is 11.2 Å². The lowest BCUT2D eigenvalue weighted by Crippen LogP contribution is -2.34. The van der Waals surface area contributed by atoms with E-state index in [-0.39, 0.29) is 22.9 Å². The summed E-state index contributed by atoms with van der Waals surface area (Å²) in [6, 6.07) is -0.0322. The SMILES string of the molecule is Cn1cc(C2CCCN2C(=O)c2c[nH]c3c(cnn3C)c2=O)cn1. The number of pyridine rings is 1. The van der Waals surface area contributed by atoms with Gasteiger partial charge in [0.15, 0.2) is 0 Å². The molecule has 3 aromatic rings. The van der Waals surface area contributed by atoms with Crippen molar-refractivity contribution in [1.29, 1.82) is 0 Å². The molecular weight excluding hydrogens is 308 g/mol. The number of rotatable bonds is 2. The standard InChI is InChI=1S/C16H18N6O2/c1-20-9-10(6-18-20)13-4-3-5-22(13)16(24)12-7-17-15-11(14(12)23)8-19-21(15)2/h6-9,13H,3-5H2,1-2H3,(H,17,23). The lowest BCUT2D eigenvalue weighted by Gasteiger charge is -2.23. The first-order chi connectivity index (χ1) is 11.6. The highest BCUT2D eigenvalue weighted by molar-refractivity contribution is 5.97. The topological polar surface area (TPSA) is 88.8 Å². The Kier molecular flexibility index (Phi) is 3.26. The smallest absolute Gasteiger partial charge is 0.259 e. The Morgan fingerprint density at radius 3 is 2.88 bits per heavy atom. The van der Waals surface area contributed by atoms with Gasteiger partial charge in [0, 0.05) is 38.6 Å². The molecule has 0 aromatic carbocycles. The molecule has 4 rings (SSSR count). The molecule has 0 saturated carbocycles. The van der Waals surface area contributed by atoms with Crippen LogP contribution in [0.15, 0.2) is 29.6 Å². The molecule has 0 aliphatic carbocycles. The number of amides is 1. The molecule has 0 spiro atoms. The average Bonchev–Trinajstić information content (AvgIpc) is 3.27. The summed E-state index contributed by atoms with van der Waals surface area (Å²) in [5, 5.41) is 8.69. The zero-order valence-corrected chi connectivity index (χ0v) is 13.6. The fourth-order valence-corrected chi connectivity index (χ4v) is 3.41. The highest BCUT2D eigenvalue weighted by Crippen LogP contribution is 2.32. The van der Waals surface area contributed by atoms with E-state index in [0.29, 0.717) is 17.6 Å². The second kappa shape index (κ2) is 5.33. The Morgan fingerprint density at radius 2 is 2.12 bits per heavy atom. The molecule has 1 aliphatic rings. The first-order valence-electron chi connectivity index (χ1n) is 7.89. The summed E-state index contributed by atoms with van der Waals surface area (Å²) < 4.78 is 3.31. The van der Waals surface area contributed by atoms with E-state index < -0.39 is 0 Å². The summed E-state index contributed by atoms with van der Waals surface area (Å²) in [5.41, 5.74) is 1.49. The minimum absolute atomic E-state index is 0.0322. The number of hydrogen-bond acceptors (Lipinski definition) is 4. The summed E-state index contributed by atoms with van der Waals surface area (Å²) in [4.78, 5) is 30.4. The molecule has 1 aliphatic heterocycles. The van der Waals surface area contributed by atoms with Crippen LogP contribution in [0.1, 0.15) is 34.8 Å². The van der Waals surface area contributed by atoms with Crippen LogP contribution in [-0.2, 0) is 14.1 Å². The first-order valence-corrected chi connectivity index (χ1v) is 7.89. The average molecular weight is 326 g/mol. The van der Waals surface area contributed by atoms with Gasteiger partial charge in [0.2, 0.25) is 5.43 Å². The van der Waals surface area contributed by atoms with Crippen molar-refractivity contribution in [2.75, 3.05) is 6.54 Å². The maximum absolute atomic E-state index is 13.0. The van der Waals surface area contributed by atoms with E-state index in [1.165, 1.54) is 12.4 Å². The number of aryl methyl sites for hydroxylation is 2. The largest absolute Gasteiger partial charge is 0.345 e. The van der Waals surface area contributed by atoms with E-state index >= 15 is 0 Å². The molecule has 8 heteroatoms. The molecule has 1 amide bonds. The van der Waals surface area contributed by atoms with Gasteiger partial charge >= 0.3 is 0 Å². The molecule has 1 unspecified atom stereocenters. The van der Waals surface area contributed by atoms with Crippen molar-refractivity contribution >= 4 is 16.9 Å². The molecule has 1 atom stereocenters. The van der Waals surface area contributed by atoms with Crippen molar-refractivity contribution in [1.82, 2.24) is 29.4 Å². The summed E-state index contributed by atoms with van der Waals surface area (Å²) >= 11 is 0. The van der Waals surface area contributed by atoms with Crippen LogP contribution in [0.2, 0.25) is 0 Å². The molecule has 1 saturated heterocycles. The predicted molar refractivity (Wildman–Crippen MR) is 87.6 cm³/mol. The molecule has 8 nitrogen and oxygen atoms in total. The molecule has 3 aromatic heterocycles. The summed E-state index contributed by atoms with van der Waals surface area (Å²) in [7, 11) is 3.60. The number of carbonyl (C=O) groups excluding carboxylic acids is 1. The predicted octanol–water partition coefficient (Wildman–Crippen LogP) is 0.972. The van der Waals surface area contributed by atoms with E-state index in [1.54, 1.807) is 27.5 Å². The fraction of sp³-hybridized carbons (Fsp3) is 0.375. The fourth-order valence-electron chi connectivity index (χ4n) is 3.41. The second-order valence-electron chi connectivity index (χ2n) is 6.17. The summed E-state index contributed by atoms with van der Waals surface area (Å²) in [5.74, 6) is -0.242. The van der Waals surface area contributed by atoms with Gasteiger partial charge < -0.3 is 9.88 Å². The van der Waals surface area contributed by atoms with Crippen molar-refractivity contribution in [3.8, 4) is 0 Å². The van der Waals surface area contributed by atoms with Crippen molar-refractivity contribution in [3.63, 3.8) is 0 Å². The van der Waals surface area contributed by atoms with Crippen LogP contribution in [0.4, 0.5) is 0 Å². The minimum atomic E-state index is -0.279. The van der Waals surface area contributed by atoms with Gasteiger partial charge in [-0.2, -0.15) is 10.2 Å².